The van der Waals surface area contributed by atoms with Crippen LogP contribution in [-0.2, 0) is 9.59 Å². The number of benzene rings is 3. The van der Waals surface area contributed by atoms with E-state index in [0.717, 1.165) is 17.1 Å². The number of nitrogens with zero attached hydrogens (tertiary/aromatic N) is 2. The number of carbonyl (C=O) groups excluding carboxylic acids is 3. The fourth-order valence-electron chi connectivity index (χ4n) is 4.42. The maximum atomic E-state index is 13.3. The van der Waals surface area contributed by atoms with Crippen LogP contribution in [-0.4, -0.2) is 49.6 Å². The molecule has 160 valence electrons. The van der Waals surface area contributed by atoms with E-state index in [4.69, 9.17) is 0 Å². The minimum Gasteiger partial charge on any atom is -0.506 e. The van der Waals surface area contributed by atoms with Crippen molar-refractivity contribution in [3.8, 4) is 5.75 Å². The average molecular weight is 454 g/mol. The minimum atomic E-state index is -0.985. The molecule has 1 fully saturated rings. The van der Waals surface area contributed by atoms with E-state index in [-0.39, 0.29) is 45.3 Å². The smallest absolute Gasteiger partial charge is 0.236 e. The number of rotatable bonds is 1. The number of aliphatic hydroxyl groups is 1. The Bertz CT molecular complexity index is 1530. The zero-order valence-corrected chi connectivity index (χ0v) is 17.7. The average Bonchev–Trinajstić information content (AvgIpc) is 3.15. The third kappa shape index (κ3) is 2.74. The maximum absolute atomic E-state index is 13.3. The quantitative estimate of drug-likeness (QED) is 0.578. The van der Waals surface area contributed by atoms with Crippen LogP contribution >= 0.6 is 11.8 Å². The summed E-state index contributed by atoms with van der Waals surface area (Å²) >= 11 is 0.770. The van der Waals surface area contributed by atoms with Crippen LogP contribution < -0.4 is 0 Å². The van der Waals surface area contributed by atoms with E-state index in [1.54, 1.807) is 48.5 Å². The van der Waals surface area contributed by atoms with Crippen LogP contribution in [0.4, 0.5) is 5.69 Å². The van der Waals surface area contributed by atoms with Gasteiger partial charge in [-0.15, -0.1) is 0 Å². The molecule has 2 N–H and O–H groups in total. The molecule has 3 aromatic rings. The molecule has 7 nitrogen and oxygen atoms in total. The van der Waals surface area contributed by atoms with Gasteiger partial charge in [0.15, 0.2) is 5.78 Å². The number of Topliss-reactive ketones (excluding diaryl/α,β-unsaturated/α-hetero) is 2. The van der Waals surface area contributed by atoms with E-state index in [2.05, 4.69) is 9.98 Å². The molecule has 0 spiro atoms. The maximum Gasteiger partial charge on any atom is 0.236 e. The molecule has 3 aliphatic rings. The molecular formula is C25H14N2O5S. The molecule has 2 heterocycles. The summed E-state index contributed by atoms with van der Waals surface area (Å²) in [6, 6.07) is 16.0. The highest BCUT2D eigenvalue weighted by Crippen LogP contribution is 2.42. The summed E-state index contributed by atoms with van der Waals surface area (Å²) in [7, 11) is 0. The van der Waals surface area contributed by atoms with Gasteiger partial charge in [0.05, 0.1) is 5.57 Å². The summed E-state index contributed by atoms with van der Waals surface area (Å²) in [6.07, 6.45) is 0. The second kappa shape index (κ2) is 6.98. The van der Waals surface area contributed by atoms with Crippen molar-refractivity contribution in [3.05, 3.63) is 77.4 Å². The second-order valence-corrected chi connectivity index (χ2v) is 8.98. The summed E-state index contributed by atoms with van der Waals surface area (Å²) in [6.45, 7) is 0. The van der Waals surface area contributed by atoms with E-state index < -0.39 is 28.0 Å². The monoisotopic (exact) mass is 454 g/mol. The highest BCUT2D eigenvalue weighted by atomic mass is 32.2. The molecule has 0 bridgehead atoms. The minimum absolute atomic E-state index is 0.0124. The van der Waals surface area contributed by atoms with E-state index in [0.29, 0.717) is 5.39 Å². The molecule has 8 heteroatoms. The first-order valence-electron chi connectivity index (χ1n) is 10.2. The number of thioether (sulfide) groups is 1. The van der Waals surface area contributed by atoms with Gasteiger partial charge in [0.25, 0.3) is 0 Å². The van der Waals surface area contributed by atoms with Crippen molar-refractivity contribution in [2.75, 3.05) is 0 Å². The van der Waals surface area contributed by atoms with Crippen molar-refractivity contribution in [2.45, 2.75) is 11.3 Å². The van der Waals surface area contributed by atoms with Crippen molar-refractivity contribution in [1.29, 1.82) is 0 Å². The first-order chi connectivity index (χ1) is 16.0. The molecule has 2 aliphatic heterocycles. The van der Waals surface area contributed by atoms with Crippen LogP contribution in [0.2, 0.25) is 0 Å². The molecule has 1 aliphatic carbocycles. The van der Waals surface area contributed by atoms with Crippen LogP contribution in [0.3, 0.4) is 0 Å². The molecular weight excluding hydrogens is 440 g/mol. The third-order valence-corrected chi connectivity index (χ3v) is 7.17. The lowest BCUT2D eigenvalue weighted by Gasteiger charge is -2.27. The number of hydrogen-bond acceptors (Lipinski definition) is 8. The van der Waals surface area contributed by atoms with Crippen molar-refractivity contribution < 1.29 is 24.6 Å². The van der Waals surface area contributed by atoms with Gasteiger partial charge < -0.3 is 10.2 Å². The fraction of sp³-hybridized carbons (Fsp3) is 0.0800. The van der Waals surface area contributed by atoms with E-state index in [1.807, 2.05) is 12.1 Å². The van der Waals surface area contributed by atoms with Crippen LogP contribution in [0.15, 0.2) is 76.2 Å². The lowest BCUT2D eigenvalue weighted by atomic mass is 9.82. The number of fused-ring (bicyclic) bond motifs is 4. The Balaban J connectivity index is 1.51. The lowest BCUT2D eigenvalue weighted by Crippen LogP contribution is -2.43. The number of aliphatic hydroxyl groups excluding tert-OH is 1. The molecule has 33 heavy (non-hydrogen) atoms. The van der Waals surface area contributed by atoms with Gasteiger partial charge >= 0.3 is 0 Å². The van der Waals surface area contributed by atoms with Crippen molar-refractivity contribution in [1.82, 2.24) is 0 Å². The number of phenolic OH excluding ortho intramolecular Hbond substituents is 1. The molecule has 2 atom stereocenters. The Morgan fingerprint density at radius 3 is 2.42 bits per heavy atom. The lowest BCUT2D eigenvalue weighted by molar-refractivity contribution is -0.115. The first-order valence-corrected chi connectivity index (χ1v) is 11.0. The van der Waals surface area contributed by atoms with Crippen molar-refractivity contribution in [2.24, 2.45) is 9.98 Å². The van der Waals surface area contributed by atoms with Gasteiger partial charge in [-0.3, -0.25) is 19.4 Å². The van der Waals surface area contributed by atoms with Crippen LogP contribution in [0, 0.1) is 0 Å². The molecule has 0 radical (unpaired) electrons. The van der Waals surface area contributed by atoms with Crippen molar-refractivity contribution >= 4 is 62.1 Å². The predicted molar refractivity (Wildman–Crippen MR) is 126 cm³/mol. The van der Waals surface area contributed by atoms with Gasteiger partial charge in [0, 0.05) is 16.5 Å². The van der Waals surface area contributed by atoms with E-state index in [1.165, 1.54) is 0 Å². The molecule has 2 unspecified atom stereocenters. The predicted octanol–water partition coefficient (Wildman–Crippen LogP) is 3.82. The summed E-state index contributed by atoms with van der Waals surface area (Å²) in [5.74, 6) is -1.41. The van der Waals surface area contributed by atoms with E-state index in [9.17, 15) is 24.6 Å². The second-order valence-electron chi connectivity index (χ2n) is 7.86. The number of allylic oxidation sites excluding steroid dienone is 1. The zero-order valence-electron chi connectivity index (χ0n) is 16.9. The Hall–Kier alpha value is -4.04. The Morgan fingerprint density at radius 1 is 0.879 bits per heavy atom. The highest BCUT2D eigenvalue weighted by molar-refractivity contribution is 8.17. The number of hydrogen-bond donors (Lipinski definition) is 2. The van der Waals surface area contributed by atoms with Gasteiger partial charge in [0.1, 0.15) is 39.9 Å². The Labute approximate surface area is 191 Å². The molecule has 1 saturated heterocycles. The fourth-order valence-corrected chi connectivity index (χ4v) is 5.48. The summed E-state index contributed by atoms with van der Waals surface area (Å²) in [5.41, 5.74) is 0.356. The Kier molecular flexibility index (Phi) is 4.15. The van der Waals surface area contributed by atoms with Crippen LogP contribution in [0.1, 0.15) is 15.9 Å². The topological polar surface area (TPSA) is 116 Å². The summed E-state index contributed by atoms with van der Waals surface area (Å²) in [4.78, 5) is 48.0. The summed E-state index contributed by atoms with van der Waals surface area (Å²) < 4.78 is 0. The third-order valence-electron chi connectivity index (χ3n) is 6.02. The molecule has 0 aromatic heterocycles. The number of aliphatic imine (C=N–C) groups is 2. The standard InChI is InChI=1S/C25H14N2O5S/c28-20-12-6-2-1-5-11(12)9-10-15(20)26-19-18-24(33-25(19)32)23(31)16-17(27-18)22(30)14-8-4-3-7-13(14)21(16)29/h1-10,18,24,28-29H. The van der Waals surface area contributed by atoms with Gasteiger partial charge in [0.2, 0.25) is 10.9 Å². The zero-order chi connectivity index (χ0) is 22.9. The van der Waals surface area contributed by atoms with Gasteiger partial charge in [-0.2, -0.15) is 0 Å². The van der Waals surface area contributed by atoms with Crippen LogP contribution in [0.5, 0.6) is 5.75 Å². The first kappa shape index (κ1) is 19.6. The molecule has 6 rings (SSSR count). The van der Waals surface area contributed by atoms with Gasteiger partial charge in [-0.05, 0) is 11.5 Å². The van der Waals surface area contributed by atoms with Gasteiger partial charge in [-0.1, -0.05) is 66.4 Å². The molecule has 0 saturated carbocycles. The number of phenols is 1. The van der Waals surface area contributed by atoms with Crippen LogP contribution in [0.25, 0.3) is 16.5 Å². The molecule has 0 amide bonds. The normalized spacial score (nSPS) is 23.0. The van der Waals surface area contributed by atoms with E-state index >= 15 is 0 Å². The summed E-state index contributed by atoms with van der Waals surface area (Å²) in [5, 5.41) is 21.4. The van der Waals surface area contributed by atoms with Crippen molar-refractivity contribution in [3.63, 3.8) is 0 Å². The Morgan fingerprint density at radius 2 is 1.61 bits per heavy atom. The molecule has 3 aromatic carbocycles. The largest absolute Gasteiger partial charge is 0.506 e. The van der Waals surface area contributed by atoms with Gasteiger partial charge in [-0.25, -0.2) is 4.99 Å². The highest BCUT2D eigenvalue weighted by Gasteiger charge is 2.52. The number of aromatic hydroxyl groups is 1. The number of carbonyl (C=O) groups is 3. The SMILES string of the molecule is O=C1SC2C(=O)C3=C(O)c4ccccc4C(=O)C3=NC2C1=Nc1ccc2ccccc2c1O. The number of ketones is 2.